The fraction of sp³-hybridized carbons (Fsp3) is 0.333. The maximum Gasteiger partial charge on any atom is 0.252 e. The van der Waals surface area contributed by atoms with Crippen molar-refractivity contribution < 1.29 is 9.59 Å². The van der Waals surface area contributed by atoms with Gasteiger partial charge in [0.1, 0.15) is 0 Å². The van der Waals surface area contributed by atoms with Gasteiger partial charge in [0.25, 0.3) is 5.91 Å². The predicted octanol–water partition coefficient (Wildman–Crippen LogP) is 3.23. The van der Waals surface area contributed by atoms with Crippen molar-refractivity contribution in [1.29, 1.82) is 0 Å². The minimum Gasteiger partial charge on any atom is -0.355 e. The van der Waals surface area contributed by atoms with E-state index in [-0.39, 0.29) is 11.8 Å². The normalized spacial score (nSPS) is 10.4. The highest BCUT2D eigenvalue weighted by Crippen LogP contribution is 2.12. The number of thioether (sulfide) groups is 1. The summed E-state index contributed by atoms with van der Waals surface area (Å²) in [4.78, 5) is 23.4. The van der Waals surface area contributed by atoms with Gasteiger partial charge in [-0.25, -0.2) is 0 Å². The van der Waals surface area contributed by atoms with Crippen LogP contribution in [0.4, 0.5) is 0 Å². The lowest BCUT2D eigenvalue weighted by atomic mass is 10.2. The number of hydrogen-bond acceptors (Lipinski definition) is 4. The molecule has 2 rings (SSSR count). The Bertz CT molecular complexity index is 640. The molecule has 4 nitrogen and oxygen atoms in total. The molecule has 6 heteroatoms. The van der Waals surface area contributed by atoms with E-state index in [2.05, 4.69) is 41.8 Å². The van der Waals surface area contributed by atoms with Crippen molar-refractivity contribution in [3.05, 3.63) is 57.8 Å². The van der Waals surface area contributed by atoms with Crippen molar-refractivity contribution >= 4 is 34.9 Å². The van der Waals surface area contributed by atoms with Crippen LogP contribution in [0.2, 0.25) is 0 Å². The number of nitrogens with one attached hydrogen (secondary N) is 2. The molecule has 1 aromatic carbocycles. The minimum atomic E-state index is -0.127. The largest absolute Gasteiger partial charge is 0.355 e. The molecule has 0 saturated carbocycles. The molecule has 1 heterocycles. The van der Waals surface area contributed by atoms with Crippen LogP contribution in [0, 0.1) is 6.92 Å². The first-order chi connectivity index (χ1) is 11.6. The molecule has 1 aromatic heterocycles. The lowest BCUT2D eigenvalue weighted by Crippen LogP contribution is -2.31. The third-order valence-electron chi connectivity index (χ3n) is 3.38. The highest BCUT2D eigenvalue weighted by molar-refractivity contribution is 7.98. The first-order valence-corrected chi connectivity index (χ1v) is 9.95. The number of aryl methyl sites for hydroxylation is 1. The van der Waals surface area contributed by atoms with Gasteiger partial charge in [0.05, 0.1) is 0 Å². The number of carbonyl (C=O) groups excluding carboxylic acids is 2. The molecule has 0 saturated heterocycles. The number of benzene rings is 1. The summed E-state index contributed by atoms with van der Waals surface area (Å²) in [6, 6.07) is 10.3. The topological polar surface area (TPSA) is 58.2 Å². The fourth-order valence-electron chi connectivity index (χ4n) is 2.01. The van der Waals surface area contributed by atoms with Gasteiger partial charge < -0.3 is 10.6 Å². The van der Waals surface area contributed by atoms with Gasteiger partial charge in [0.2, 0.25) is 5.91 Å². The summed E-state index contributed by atoms with van der Waals surface area (Å²) < 4.78 is 0. The van der Waals surface area contributed by atoms with Gasteiger partial charge in [-0.2, -0.15) is 23.1 Å². The van der Waals surface area contributed by atoms with Gasteiger partial charge in [-0.05, 0) is 23.9 Å². The van der Waals surface area contributed by atoms with Crippen LogP contribution in [-0.4, -0.2) is 30.7 Å². The number of amides is 2. The maximum absolute atomic E-state index is 11.7. The van der Waals surface area contributed by atoms with Gasteiger partial charge in [0, 0.05) is 42.0 Å². The van der Waals surface area contributed by atoms with Crippen molar-refractivity contribution in [3.63, 3.8) is 0 Å². The molecule has 2 N–H and O–H groups in total. The molecule has 0 aliphatic heterocycles. The van der Waals surface area contributed by atoms with Gasteiger partial charge in [0.15, 0.2) is 0 Å². The van der Waals surface area contributed by atoms with Crippen LogP contribution < -0.4 is 10.6 Å². The van der Waals surface area contributed by atoms with E-state index >= 15 is 0 Å². The zero-order chi connectivity index (χ0) is 17.2. The zero-order valence-electron chi connectivity index (χ0n) is 13.7. The standard InChI is InChI=1S/C18H22N2O2S2/c1-14-2-4-15(5-3-14)12-24-11-9-19-17(21)6-8-20-18(22)16-7-10-23-13-16/h2-5,7,10,13H,6,8-9,11-12H2,1H3,(H,19,21)(H,20,22). The summed E-state index contributed by atoms with van der Waals surface area (Å²) in [6.45, 7) is 3.08. The van der Waals surface area contributed by atoms with Crippen molar-refractivity contribution in [2.24, 2.45) is 0 Å². The monoisotopic (exact) mass is 362 g/mol. The summed E-state index contributed by atoms with van der Waals surface area (Å²) in [5.74, 6) is 1.67. The van der Waals surface area contributed by atoms with Crippen LogP contribution in [0.25, 0.3) is 0 Å². The summed E-state index contributed by atoms with van der Waals surface area (Å²) in [6.07, 6.45) is 0.304. The SMILES string of the molecule is Cc1ccc(CSCCNC(=O)CCNC(=O)c2ccsc2)cc1. The van der Waals surface area contributed by atoms with Gasteiger partial charge in [-0.15, -0.1) is 0 Å². The van der Waals surface area contributed by atoms with Gasteiger partial charge in [-0.1, -0.05) is 29.8 Å². The summed E-state index contributed by atoms with van der Waals surface area (Å²) in [5.41, 5.74) is 3.21. The number of carbonyl (C=O) groups is 2. The van der Waals surface area contributed by atoms with Crippen LogP contribution in [0.5, 0.6) is 0 Å². The Kier molecular flexibility index (Phi) is 7.85. The smallest absolute Gasteiger partial charge is 0.252 e. The van der Waals surface area contributed by atoms with Gasteiger partial charge in [-0.3, -0.25) is 9.59 Å². The Balaban J connectivity index is 1.50. The van der Waals surface area contributed by atoms with Gasteiger partial charge >= 0.3 is 0 Å². The molecule has 2 amide bonds. The zero-order valence-corrected chi connectivity index (χ0v) is 15.3. The molecule has 24 heavy (non-hydrogen) atoms. The molecule has 0 unspecified atom stereocenters. The predicted molar refractivity (Wildman–Crippen MR) is 102 cm³/mol. The molecule has 0 aliphatic carbocycles. The van der Waals surface area contributed by atoms with Crippen molar-refractivity contribution in [2.75, 3.05) is 18.8 Å². The average molecular weight is 363 g/mol. The first-order valence-electron chi connectivity index (χ1n) is 7.85. The van der Waals surface area contributed by atoms with Crippen LogP contribution >= 0.6 is 23.1 Å². The Morgan fingerprint density at radius 3 is 2.58 bits per heavy atom. The second-order valence-corrected chi connectivity index (χ2v) is 7.29. The Labute approximate surface area is 151 Å². The number of thiophene rings is 1. The van der Waals surface area contributed by atoms with E-state index in [1.807, 2.05) is 5.38 Å². The maximum atomic E-state index is 11.7. The number of rotatable bonds is 9. The molecule has 0 spiro atoms. The number of hydrogen-bond donors (Lipinski definition) is 2. The van der Waals surface area contributed by atoms with Crippen molar-refractivity contribution in [2.45, 2.75) is 19.1 Å². The van der Waals surface area contributed by atoms with Crippen LogP contribution in [0.15, 0.2) is 41.1 Å². The molecule has 0 aliphatic rings. The second-order valence-electron chi connectivity index (χ2n) is 5.41. The van der Waals surface area contributed by atoms with E-state index < -0.39 is 0 Å². The van der Waals surface area contributed by atoms with Crippen molar-refractivity contribution in [1.82, 2.24) is 10.6 Å². The molecule has 0 radical (unpaired) electrons. The minimum absolute atomic E-state index is 0.0310. The van der Waals surface area contributed by atoms with Crippen LogP contribution in [0.3, 0.4) is 0 Å². The molecule has 128 valence electrons. The molecule has 2 aromatic rings. The Hall–Kier alpha value is -1.79. The molecular weight excluding hydrogens is 340 g/mol. The lowest BCUT2D eigenvalue weighted by Gasteiger charge is -2.06. The third-order valence-corrected chi connectivity index (χ3v) is 5.09. The highest BCUT2D eigenvalue weighted by atomic mass is 32.2. The first kappa shape index (κ1) is 18.5. The third kappa shape index (κ3) is 6.76. The lowest BCUT2D eigenvalue weighted by molar-refractivity contribution is -0.120. The summed E-state index contributed by atoms with van der Waals surface area (Å²) in [5, 5.41) is 9.27. The van der Waals surface area contributed by atoms with E-state index in [1.165, 1.54) is 22.5 Å². The molecule has 0 atom stereocenters. The average Bonchev–Trinajstić information content (AvgIpc) is 3.11. The molecule has 0 fully saturated rings. The summed E-state index contributed by atoms with van der Waals surface area (Å²) in [7, 11) is 0. The second kappa shape index (κ2) is 10.2. The Morgan fingerprint density at radius 1 is 1.08 bits per heavy atom. The fourth-order valence-corrected chi connectivity index (χ4v) is 3.47. The Morgan fingerprint density at radius 2 is 1.88 bits per heavy atom. The quantitative estimate of drug-likeness (QED) is 0.674. The van der Waals surface area contributed by atoms with Crippen molar-refractivity contribution in [3.8, 4) is 0 Å². The highest BCUT2D eigenvalue weighted by Gasteiger charge is 2.06. The van der Waals surface area contributed by atoms with Crippen LogP contribution in [0.1, 0.15) is 27.9 Å². The van der Waals surface area contributed by atoms with Crippen LogP contribution in [-0.2, 0) is 10.5 Å². The van der Waals surface area contributed by atoms with E-state index in [0.29, 0.717) is 25.1 Å². The van der Waals surface area contributed by atoms with E-state index in [4.69, 9.17) is 0 Å². The van der Waals surface area contributed by atoms with E-state index in [9.17, 15) is 9.59 Å². The summed E-state index contributed by atoms with van der Waals surface area (Å²) >= 11 is 3.28. The van der Waals surface area contributed by atoms with E-state index in [1.54, 1.807) is 23.2 Å². The molecular formula is C18H22N2O2S2. The van der Waals surface area contributed by atoms with E-state index in [0.717, 1.165) is 11.5 Å². The molecule has 0 bridgehead atoms.